The summed E-state index contributed by atoms with van der Waals surface area (Å²) in [6.07, 6.45) is 0.749. The van der Waals surface area contributed by atoms with E-state index in [-0.39, 0.29) is 5.78 Å². The monoisotopic (exact) mass is 207 g/mol. The van der Waals surface area contributed by atoms with Crippen molar-refractivity contribution in [3.63, 3.8) is 0 Å². The van der Waals surface area contributed by atoms with E-state index in [1.165, 1.54) is 11.2 Å². The molecular formula is C8H17NO3S. The van der Waals surface area contributed by atoms with E-state index >= 15 is 0 Å². The van der Waals surface area contributed by atoms with Gasteiger partial charge in [-0.2, -0.15) is 4.31 Å². The van der Waals surface area contributed by atoms with E-state index in [2.05, 4.69) is 0 Å². The molecule has 0 unspecified atom stereocenters. The van der Waals surface area contributed by atoms with Gasteiger partial charge in [-0.25, -0.2) is 0 Å². The van der Waals surface area contributed by atoms with Gasteiger partial charge >= 0.3 is 0 Å². The summed E-state index contributed by atoms with van der Waals surface area (Å²) >= 11 is 0. The first-order valence-electron chi connectivity index (χ1n) is 4.33. The van der Waals surface area contributed by atoms with Crippen LogP contribution in [0.25, 0.3) is 0 Å². The lowest BCUT2D eigenvalue weighted by atomic mass is 10.0. The van der Waals surface area contributed by atoms with Gasteiger partial charge in [0.15, 0.2) is 5.78 Å². The number of rotatable bonds is 2. The summed E-state index contributed by atoms with van der Waals surface area (Å²) in [5.41, 5.74) is -0.755. The summed E-state index contributed by atoms with van der Waals surface area (Å²) in [6.45, 7) is 5.53. The lowest BCUT2D eigenvalue weighted by molar-refractivity contribution is -0.124. The van der Waals surface area contributed by atoms with Crippen LogP contribution >= 0.6 is 10.8 Å². The minimum atomic E-state index is -2.68. The van der Waals surface area contributed by atoms with Gasteiger partial charge in [-0.3, -0.25) is 13.9 Å². The number of hydrogen-bond donors (Lipinski definition) is 2. The van der Waals surface area contributed by atoms with E-state index in [0.29, 0.717) is 12.3 Å². The fraction of sp³-hybridized carbons (Fsp3) is 0.875. The second-order valence-electron chi connectivity index (χ2n) is 3.91. The molecule has 2 N–H and O–H groups in total. The summed E-state index contributed by atoms with van der Waals surface area (Å²) in [7, 11) is -2.68. The van der Waals surface area contributed by atoms with Gasteiger partial charge in [-0.15, -0.1) is 10.8 Å². The fourth-order valence-electron chi connectivity index (χ4n) is 1.48. The van der Waals surface area contributed by atoms with Gasteiger partial charge in [0.1, 0.15) is 0 Å². The molecular weight excluding hydrogens is 190 g/mol. The topological polar surface area (TPSA) is 60.8 Å². The maximum atomic E-state index is 11.3. The lowest BCUT2D eigenvalue weighted by Crippen LogP contribution is -2.48. The number of Topliss-reactive ketones (excluding diaryl/α,β-unsaturated/α-hetero) is 1. The molecule has 0 bridgehead atoms. The Kier molecular flexibility index (Phi) is 2.73. The first-order valence-corrected chi connectivity index (χ1v) is 6.00. The number of carbonyl (C=O) groups is 1. The predicted octanol–water partition coefficient (Wildman–Crippen LogP) is 1.73. The van der Waals surface area contributed by atoms with Crippen molar-refractivity contribution in [2.75, 3.05) is 12.3 Å². The van der Waals surface area contributed by atoms with Crippen LogP contribution in [0.2, 0.25) is 0 Å². The first kappa shape index (κ1) is 11.0. The standard InChI is InChI=1S/C8H17NO3S/c1-7(10)8(2,3)9-5-4-6-13(9,11)12/h11-12H,4-6H2,1-3H3. The second-order valence-corrected chi connectivity index (χ2v) is 6.02. The molecule has 0 aromatic rings. The Balaban J connectivity index is 2.88. The lowest BCUT2D eigenvalue weighted by Gasteiger charge is -2.45. The molecule has 0 amide bonds. The molecule has 0 atom stereocenters. The van der Waals surface area contributed by atoms with Crippen LogP contribution in [0.3, 0.4) is 0 Å². The van der Waals surface area contributed by atoms with Crippen molar-refractivity contribution in [2.45, 2.75) is 32.7 Å². The molecule has 1 saturated heterocycles. The van der Waals surface area contributed by atoms with E-state index in [4.69, 9.17) is 0 Å². The summed E-state index contributed by atoms with van der Waals surface area (Å²) in [5.74, 6) is 0.360. The molecule has 4 nitrogen and oxygen atoms in total. The number of hydrogen-bond acceptors (Lipinski definition) is 4. The van der Waals surface area contributed by atoms with Gasteiger partial charge in [0, 0.05) is 6.54 Å². The molecule has 1 heterocycles. The average molecular weight is 207 g/mol. The van der Waals surface area contributed by atoms with Crippen LogP contribution in [-0.2, 0) is 4.79 Å². The van der Waals surface area contributed by atoms with E-state index in [0.717, 1.165) is 6.42 Å². The zero-order valence-corrected chi connectivity index (χ0v) is 9.10. The zero-order valence-electron chi connectivity index (χ0n) is 8.28. The van der Waals surface area contributed by atoms with E-state index in [1.807, 2.05) is 0 Å². The van der Waals surface area contributed by atoms with Gasteiger partial charge in [0.2, 0.25) is 0 Å². The van der Waals surface area contributed by atoms with Crippen LogP contribution in [0.1, 0.15) is 27.2 Å². The van der Waals surface area contributed by atoms with Gasteiger partial charge in [-0.1, -0.05) is 0 Å². The van der Waals surface area contributed by atoms with Crippen LogP contribution < -0.4 is 0 Å². The number of ketones is 1. The van der Waals surface area contributed by atoms with Crippen molar-refractivity contribution in [3.8, 4) is 0 Å². The highest BCUT2D eigenvalue weighted by molar-refractivity contribution is 8.22. The summed E-state index contributed by atoms with van der Waals surface area (Å²) in [4.78, 5) is 11.3. The molecule has 0 aliphatic carbocycles. The quantitative estimate of drug-likeness (QED) is 0.724. The van der Waals surface area contributed by atoms with E-state index in [1.54, 1.807) is 13.8 Å². The summed E-state index contributed by atoms with van der Waals surface area (Å²) < 4.78 is 20.8. The molecule has 0 saturated carbocycles. The Labute approximate surface area is 80.4 Å². The largest absolute Gasteiger partial charge is 0.298 e. The van der Waals surface area contributed by atoms with Gasteiger partial charge in [-0.05, 0) is 27.2 Å². The van der Waals surface area contributed by atoms with Crippen LogP contribution in [0, 0.1) is 0 Å². The van der Waals surface area contributed by atoms with Crippen molar-refractivity contribution in [3.05, 3.63) is 0 Å². The Hall–Kier alpha value is -0.100. The van der Waals surface area contributed by atoms with Crippen LogP contribution in [0.4, 0.5) is 0 Å². The highest BCUT2D eigenvalue weighted by Crippen LogP contribution is 2.52. The Morgan fingerprint density at radius 3 is 2.31 bits per heavy atom. The maximum absolute atomic E-state index is 11.3. The average Bonchev–Trinajstić information content (AvgIpc) is 2.29. The van der Waals surface area contributed by atoms with Crippen LogP contribution in [0.15, 0.2) is 0 Å². The molecule has 5 heteroatoms. The minimum absolute atomic E-state index is 0.0330. The van der Waals surface area contributed by atoms with Crippen molar-refractivity contribution in [2.24, 2.45) is 0 Å². The Morgan fingerprint density at radius 2 is 2.00 bits per heavy atom. The third-order valence-electron chi connectivity index (χ3n) is 2.62. The van der Waals surface area contributed by atoms with Crippen molar-refractivity contribution < 1.29 is 13.9 Å². The Bertz CT molecular complexity index is 227. The number of carbonyl (C=O) groups excluding carboxylic acids is 1. The maximum Gasteiger partial charge on any atom is 0.151 e. The third-order valence-corrected chi connectivity index (χ3v) is 4.80. The van der Waals surface area contributed by atoms with Crippen LogP contribution in [0.5, 0.6) is 0 Å². The molecule has 0 aromatic heterocycles. The van der Waals surface area contributed by atoms with Crippen molar-refractivity contribution >= 4 is 16.6 Å². The zero-order chi connectivity index (χ0) is 10.3. The van der Waals surface area contributed by atoms with Crippen molar-refractivity contribution in [1.82, 2.24) is 4.31 Å². The molecule has 1 rings (SSSR count). The molecule has 0 radical (unpaired) electrons. The SMILES string of the molecule is CC(=O)C(C)(C)N1CCCS1(O)O. The van der Waals surface area contributed by atoms with Gasteiger partial charge in [0.05, 0.1) is 11.3 Å². The summed E-state index contributed by atoms with van der Waals surface area (Å²) in [5, 5.41) is 0. The van der Waals surface area contributed by atoms with E-state index in [9.17, 15) is 13.9 Å². The molecule has 0 aromatic carbocycles. The molecule has 0 spiro atoms. The summed E-state index contributed by atoms with van der Waals surface area (Å²) in [6, 6.07) is 0. The molecule has 78 valence electrons. The van der Waals surface area contributed by atoms with Gasteiger partial charge in [0.25, 0.3) is 0 Å². The normalized spacial score (nSPS) is 25.9. The van der Waals surface area contributed by atoms with Crippen LogP contribution in [-0.4, -0.2) is 37.0 Å². The molecule has 1 fully saturated rings. The molecule has 1 aliphatic rings. The molecule has 13 heavy (non-hydrogen) atoms. The minimum Gasteiger partial charge on any atom is -0.298 e. The van der Waals surface area contributed by atoms with E-state index < -0.39 is 16.3 Å². The Morgan fingerprint density at radius 1 is 1.46 bits per heavy atom. The second kappa shape index (κ2) is 3.24. The third kappa shape index (κ3) is 1.88. The highest BCUT2D eigenvalue weighted by atomic mass is 32.3. The molecule has 1 aliphatic heterocycles. The predicted molar refractivity (Wildman–Crippen MR) is 53.8 cm³/mol. The smallest absolute Gasteiger partial charge is 0.151 e. The number of nitrogens with zero attached hydrogens (tertiary/aromatic N) is 1. The fourth-order valence-corrected chi connectivity index (χ4v) is 3.50. The van der Waals surface area contributed by atoms with Crippen molar-refractivity contribution in [1.29, 1.82) is 0 Å². The highest BCUT2D eigenvalue weighted by Gasteiger charge is 2.42. The first-order chi connectivity index (χ1) is 5.78. The van der Waals surface area contributed by atoms with Gasteiger partial charge < -0.3 is 0 Å².